The van der Waals surface area contributed by atoms with Gasteiger partial charge in [-0.25, -0.2) is 12.8 Å². The van der Waals surface area contributed by atoms with Crippen LogP contribution in [0.3, 0.4) is 0 Å². The summed E-state index contributed by atoms with van der Waals surface area (Å²) in [5.74, 6) is -0.828. The highest BCUT2D eigenvalue weighted by atomic mass is 32.2. The summed E-state index contributed by atoms with van der Waals surface area (Å²) < 4.78 is 38.9. The Morgan fingerprint density at radius 2 is 1.76 bits per heavy atom. The van der Waals surface area contributed by atoms with Gasteiger partial charge in [0.1, 0.15) is 10.7 Å². The molecule has 1 aromatic heterocycles. The van der Waals surface area contributed by atoms with Crippen molar-refractivity contribution in [1.82, 2.24) is 4.57 Å². The smallest absolute Gasteiger partial charge is 0.267 e. The molecule has 0 N–H and O–H groups in total. The van der Waals surface area contributed by atoms with E-state index in [0.717, 1.165) is 34.8 Å². The molecule has 1 heterocycles. The molecule has 7 heteroatoms. The highest BCUT2D eigenvalue weighted by Crippen LogP contribution is 2.27. The predicted molar refractivity (Wildman–Crippen MR) is 97.9 cm³/mol. The number of sulfone groups is 1. The summed E-state index contributed by atoms with van der Waals surface area (Å²) in [6.07, 6.45) is 0.959. The van der Waals surface area contributed by atoms with Crippen molar-refractivity contribution < 1.29 is 12.8 Å². The van der Waals surface area contributed by atoms with E-state index in [-0.39, 0.29) is 9.77 Å². The number of hydrogen-bond acceptors (Lipinski definition) is 4. The SMILES string of the molecule is Cc1ccc(-n2c(-c3ccc(S(C)(=O)=O)c(F)c3)csc2=O)cc1C. The lowest BCUT2D eigenvalue weighted by Gasteiger charge is -2.11. The topological polar surface area (TPSA) is 56.1 Å². The molecule has 3 aromatic rings. The van der Waals surface area contributed by atoms with Crippen LogP contribution in [-0.4, -0.2) is 19.2 Å². The molecule has 0 fully saturated rings. The van der Waals surface area contributed by atoms with Gasteiger partial charge in [-0.1, -0.05) is 23.5 Å². The number of aryl methyl sites for hydroxylation is 2. The standard InChI is InChI=1S/C18H16FNO3S2/c1-11-4-6-14(8-12(11)2)20-16(10-24-18(20)21)13-5-7-17(15(19)9-13)25(3,22)23/h4-10H,1-3H3. The van der Waals surface area contributed by atoms with E-state index in [0.29, 0.717) is 16.9 Å². The fourth-order valence-electron chi connectivity index (χ4n) is 2.58. The first-order valence-corrected chi connectivity index (χ1v) is 10.2. The van der Waals surface area contributed by atoms with E-state index >= 15 is 0 Å². The molecule has 0 amide bonds. The number of benzene rings is 2. The van der Waals surface area contributed by atoms with Gasteiger partial charge in [0.05, 0.1) is 11.4 Å². The van der Waals surface area contributed by atoms with E-state index < -0.39 is 15.7 Å². The molecule has 3 rings (SSSR count). The van der Waals surface area contributed by atoms with Crippen molar-refractivity contribution in [1.29, 1.82) is 0 Å². The van der Waals surface area contributed by atoms with Crippen LogP contribution in [0.25, 0.3) is 16.9 Å². The Morgan fingerprint density at radius 3 is 2.36 bits per heavy atom. The zero-order chi connectivity index (χ0) is 18.4. The number of aromatic nitrogens is 1. The van der Waals surface area contributed by atoms with Gasteiger partial charge in [-0.3, -0.25) is 9.36 Å². The van der Waals surface area contributed by atoms with Gasteiger partial charge in [0.15, 0.2) is 9.84 Å². The van der Waals surface area contributed by atoms with Crippen LogP contribution >= 0.6 is 11.3 Å². The van der Waals surface area contributed by atoms with E-state index in [2.05, 4.69) is 0 Å². The first-order valence-electron chi connectivity index (χ1n) is 7.46. The Bertz CT molecular complexity index is 1130. The van der Waals surface area contributed by atoms with Crippen LogP contribution in [0.1, 0.15) is 11.1 Å². The van der Waals surface area contributed by atoms with Gasteiger partial charge in [-0.05, 0) is 49.2 Å². The molecule has 25 heavy (non-hydrogen) atoms. The second-order valence-corrected chi connectivity index (χ2v) is 8.71. The monoisotopic (exact) mass is 377 g/mol. The van der Waals surface area contributed by atoms with Gasteiger partial charge >= 0.3 is 4.87 Å². The predicted octanol–water partition coefficient (Wildman–Crippen LogP) is 3.73. The number of nitrogens with zero attached hydrogens (tertiary/aromatic N) is 1. The summed E-state index contributed by atoms with van der Waals surface area (Å²) in [5, 5.41) is 1.65. The zero-order valence-electron chi connectivity index (χ0n) is 13.9. The van der Waals surface area contributed by atoms with Crippen LogP contribution in [0.4, 0.5) is 4.39 Å². The average Bonchev–Trinajstić information content (AvgIpc) is 2.90. The van der Waals surface area contributed by atoms with Crippen molar-refractivity contribution in [3.63, 3.8) is 0 Å². The van der Waals surface area contributed by atoms with Gasteiger partial charge in [0.2, 0.25) is 0 Å². The fourth-order valence-corrected chi connectivity index (χ4v) is 4.07. The summed E-state index contributed by atoms with van der Waals surface area (Å²) in [5.41, 5.74) is 3.81. The third-order valence-electron chi connectivity index (χ3n) is 4.07. The Labute approximate surface area is 149 Å². The number of halogens is 1. The van der Waals surface area contributed by atoms with Crippen molar-refractivity contribution in [3.05, 3.63) is 68.4 Å². The molecular formula is C18H16FNO3S2. The Balaban J connectivity index is 2.19. The molecule has 0 atom stereocenters. The molecule has 0 radical (unpaired) electrons. The van der Waals surface area contributed by atoms with Crippen LogP contribution in [0.15, 0.2) is 51.5 Å². The Hall–Kier alpha value is -2.25. The van der Waals surface area contributed by atoms with Crippen LogP contribution in [-0.2, 0) is 9.84 Å². The lowest BCUT2D eigenvalue weighted by molar-refractivity contribution is 0.571. The molecule has 0 saturated heterocycles. The molecule has 2 aromatic carbocycles. The van der Waals surface area contributed by atoms with Gasteiger partial charge in [0, 0.05) is 17.2 Å². The van der Waals surface area contributed by atoms with Crippen molar-refractivity contribution in [2.75, 3.05) is 6.26 Å². The number of rotatable bonds is 3. The molecular weight excluding hydrogens is 361 g/mol. The van der Waals surface area contributed by atoms with Crippen molar-refractivity contribution in [3.8, 4) is 16.9 Å². The summed E-state index contributed by atoms with van der Waals surface area (Å²) >= 11 is 1.01. The molecule has 4 nitrogen and oxygen atoms in total. The van der Waals surface area contributed by atoms with Gasteiger partial charge in [0.25, 0.3) is 0 Å². The lowest BCUT2D eigenvalue weighted by atomic mass is 10.1. The Kier molecular flexibility index (Phi) is 4.38. The maximum absolute atomic E-state index is 14.2. The zero-order valence-corrected chi connectivity index (χ0v) is 15.5. The molecule has 0 aliphatic carbocycles. The van der Waals surface area contributed by atoms with Crippen molar-refractivity contribution in [2.24, 2.45) is 0 Å². The molecule has 0 spiro atoms. The largest absolute Gasteiger partial charge is 0.312 e. The molecule has 130 valence electrons. The fraction of sp³-hybridized carbons (Fsp3) is 0.167. The van der Waals surface area contributed by atoms with Crippen molar-refractivity contribution in [2.45, 2.75) is 18.7 Å². The van der Waals surface area contributed by atoms with Crippen LogP contribution in [0.2, 0.25) is 0 Å². The normalized spacial score (nSPS) is 11.7. The molecule has 0 unspecified atom stereocenters. The molecule has 0 aliphatic heterocycles. The third kappa shape index (κ3) is 3.29. The van der Waals surface area contributed by atoms with E-state index in [1.807, 2.05) is 32.0 Å². The number of hydrogen-bond donors (Lipinski definition) is 0. The summed E-state index contributed by atoms with van der Waals surface area (Å²) in [4.78, 5) is 11.8. The van der Waals surface area contributed by atoms with Gasteiger partial charge in [-0.2, -0.15) is 0 Å². The summed E-state index contributed by atoms with van der Waals surface area (Å²) in [6.45, 7) is 3.94. The van der Waals surface area contributed by atoms with Crippen molar-refractivity contribution >= 4 is 21.2 Å². The first-order chi connectivity index (χ1) is 11.7. The van der Waals surface area contributed by atoms with E-state index in [9.17, 15) is 17.6 Å². The van der Waals surface area contributed by atoms with Gasteiger partial charge in [-0.15, -0.1) is 0 Å². The quantitative estimate of drug-likeness (QED) is 0.699. The second kappa shape index (κ2) is 6.24. The van der Waals surface area contributed by atoms with Crippen LogP contribution < -0.4 is 4.87 Å². The lowest BCUT2D eigenvalue weighted by Crippen LogP contribution is -2.12. The molecule has 0 saturated carbocycles. The minimum atomic E-state index is -3.64. The van der Waals surface area contributed by atoms with Crippen LogP contribution in [0, 0.1) is 19.7 Å². The van der Waals surface area contributed by atoms with E-state index in [1.54, 1.807) is 5.38 Å². The minimum absolute atomic E-state index is 0.189. The van der Waals surface area contributed by atoms with E-state index in [1.165, 1.54) is 16.7 Å². The molecule has 0 bridgehead atoms. The highest BCUT2D eigenvalue weighted by molar-refractivity contribution is 7.90. The number of thiazole rings is 1. The molecule has 0 aliphatic rings. The summed E-state index contributed by atoms with van der Waals surface area (Å²) in [6, 6.07) is 9.54. The Morgan fingerprint density at radius 1 is 1.04 bits per heavy atom. The maximum atomic E-state index is 14.2. The van der Waals surface area contributed by atoms with E-state index in [4.69, 9.17) is 0 Å². The second-order valence-electron chi connectivity index (χ2n) is 5.91. The minimum Gasteiger partial charge on any atom is -0.267 e. The third-order valence-corrected chi connectivity index (χ3v) is 5.93. The average molecular weight is 377 g/mol. The first kappa shape index (κ1) is 17.6. The van der Waals surface area contributed by atoms with Crippen LogP contribution in [0.5, 0.6) is 0 Å². The summed E-state index contributed by atoms with van der Waals surface area (Å²) in [7, 11) is -3.64. The highest BCUT2D eigenvalue weighted by Gasteiger charge is 2.17. The van der Waals surface area contributed by atoms with Gasteiger partial charge < -0.3 is 0 Å². The maximum Gasteiger partial charge on any atom is 0.312 e.